The molecule has 1 unspecified atom stereocenters. The number of aromatic nitrogens is 5. The normalized spacial score (nSPS) is 15.2. The highest BCUT2D eigenvalue weighted by molar-refractivity contribution is 5.70. The van der Waals surface area contributed by atoms with Crippen molar-refractivity contribution in [2.45, 2.75) is 13.5 Å². The van der Waals surface area contributed by atoms with Gasteiger partial charge in [0.2, 0.25) is 0 Å². The number of nitrogens with zero attached hydrogens (tertiary/aromatic N) is 7. The number of nitriles is 1. The van der Waals surface area contributed by atoms with Crippen LogP contribution in [0.1, 0.15) is 6.92 Å². The molecule has 0 bridgehead atoms. The average Bonchev–Trinajstić information content (AvgIpc) is 3.48. The minimum absolute atomic E-state index is 0.106. The quantitative estimate of drug-likeness (QED) is 0.499. The summed E-state index contributed by atoms with van der Waals surface area (Å²) in [6, 6.07) is 12.7. The smallest absolute Gasteiger partial charge is 0.149 e. The van der Waals surface area contributed by atoms with E-state index in [0.717, 1.165) is 54.6 Å². The standard InChI is InChI=1S/C23H23N7O/c1-17(13-24)15-29-16-19(14-26-29)23-27-21(12-22-25-6-7-30(22)23)18-2-4-20(5-3-18)28-8-10-31-11-9-28/h2-7,12,14,16-17H,8-11,15H2,1H3. The van der Waals surface area contributed by atoms with Crippen molar-refractivity contribution < 1.29 is 4.74 Å². The molecule has 1 aliphatic heterocycles. The first-order valence-corrected chi connectivity index (χ1v) is 10.4. The Bertz CT molecular complexity index is 1230. The van der Waals surface area contributed by atoms with Gasteiger partial charge in [0.05, 0.1) is 49.2 Å². The first-order chi connectivity index (χ1) is 15.2. The van der Waals surface area contributed by atoms with E-state index in [2.05, 4.69) is 45.3 Å². The van der Waals surface area contributed by atoms with E-state index in [4.69, 9.17) is 15.0 Å². The maximum absolute atomic E-state index is 9.07. The Morgan fingerprint density at radius 2 is 1.97 bits per heavy atom. The Morgan fingerprint density at radius 3 is 2.74 bits per heavy atom. The molecule has 3 aromatic heterocycles. The Balaban J connectivity index is 1.49. The number of hydrogen-bond donors (Lipinski definition) is 0. The molecule has 0 aliphatic carbocycles. The number of imidazole rings is 1. The van der Waals surface area contributed by atoms with E-state index >= 15 is 0 Å². The molecule has 4 aromatic rings. The van der Waals surface area contributed by atoms with Gasteiger partial charge in [0.15, 0.2) is 0 Å². The summed E-state index contributed by atoms with van der Waals surface area (Å²) in [6.07, 6.45) is 7.39. The van der Waals surface area contributed by atoms with Gasteiger partial charge >= 0.3 is 0 Å². The minimum atomic E-state index is -0.106. The molecule has 0 amide bonds. The molecule has 8 heteroatoms. The number of benzene rings is 1. The van der Waals surface area contributed by atoms with Crippen LogP contribution in [0, 0.1) is 17.2 Å². The zero-order valence-electron chi connectivity index (χ0n) is 17.3. The van der Waals surface area contributed by atoms with Crippen LogP contribution < -0.4 is 4.90 Å². The van der Waals surface area contributed by atoms with Crippen LogP contribution in [0.2, 0.25) is 0 Å². The highest BCUT2D eigenvalue weighted by Gasteiger charge is 2.14. The number of rotatable bonds is 5. The molecule has 4 heterocycles. The van der Waals surface area contributed by atoms with Crippen molar-refractivity contribution in [2.75, 3.05) is 31.2 Å². The van der Waals surface area contributed by atoms with Crippen molar-refractivity contribution in [3.05, 3.63) is 55.1 Å². The molecular formula is C23H23N7O. The predicted molar refractivity (Wildman–Crippen MR) is 117 cm³/mol. The first kappa shape index (κ1) is 19.3. The molecule has 5 rings (SSSR count). The van der Waals surface area contributed by atoms with Gasteiger partial charge in [-0.1, -0.05) is 12.1 Å². The number of hydrogen-bond acceptors (Lipinski definition) is 6. The van der Waals surface area contributed by atoms with Crippen molar-refractivity contribution in [3.63, 3.8) is 0 Å². The van der Waals surface area contributed by atoms with Crippen LogP contribution in [-0.2, 0) is 11.3 Å². The Kier molecular flexibility index (Phi) is 5.10. The minimum Gasteiger partial charge on any atom is -0.378 e. The van der Waals surface area contributed by atoms with Crippen molar-refractivity contribution in [1.29, 1.82) is 5.26 Å². The summed E-state index contributed by atoms with van der Waals surface area (Å²) in [7, 11) is 0. The summed E-state index contributed by atoms with van der Waals surface area (Å²) >= 11 is 0. The number of ether oxygens (including phenoxy) is 1. The van der Waals surface area contributed by atoms with Gasteiger partial charge in [0.1, 0.15) is 11.5 Å². The molecule has 1 saturated heterocycles. The molecular weight excluding hydrogens is 390 g/mol. The van der Waals surface area contributed by atoms with Crippen LogP contribution in [0.3, 0.4) is 0 Å². The second kappa shape index (κ2) is 8.20. The van der Waals surface area contributed by atoms with Crippen LogP contribution in [0.25, 0.3) is 28.3 Å². The Morgan fingerprint density at radius 1 is 1.16 bits per heavy atom. The summed E-state index contributed by atoms with van der Waals surface area (Å²) < 4.78 is 9.20. The molecule has 0 saturated carbocycles. The lowest BCUT2D eigenvalue weighted by Gasteiger charge is -2.28. The molecule has 31 heavy (non-hydrogen) atoms. The SMILES string of the molecule is CC(C#N)Cn1cc(-c2nc(-c3ccc(N4CCOCC4)cc3)cc3nccn23)cn1. The highest BCUT2D eigenvalue weighted by atomic mass is 16.5. The van der Waals surface area contributed by atoms with Gasteiger partial charge < -0.3 is 9.64 Å². The van der Waals surface area contributed by atoms with Crippen LogP contribution in [0.15, 0.2) is 55.1 Å². The van der Waals surface area contributed by atoms with Gasteiger partial charge in [-0.15, -0.1) is 0 Å². The van der Waals surface area contributed by atoms with E-state index in [1.165, 1.54) is 5.69 Å². The van der Waals surface area contributed by atoms with Crippen molar-refractivity contribution in [2.24, 2.45) is 5.92 Å². The first-order valence-electron chi connectivity index (χ1n) is 10.4. The van der Waals surface area contributed by atoms with Crippen LogP contribution in [0.4, 0.5) is 5.69 Å². The fourth-order valence-corrected chi connectivity index (χ4v) is 3.84. The molecule has 1 aromatic carbocycles. The third-order valence-electron chi connectivity index (χ3n) is 5.50. The Hall–Kier alpha value is -3.70. The number of fused-ring (bicyclic) bond motifs is 1. The molecule has 0 radical (unpaired) electrons. The van der Waals surface area contributed by atoms with Gasteiger partial charge in [-0.25, -0.2) is 9.97 Å². The van der Waals surface area contributed by atoms with Gasteiger partial charge in [-0.05, 0) is 19.1 Å². The van der Waals surface area contributed by atoms with Gasteiger partial charge in [-0.2, -0.15) is 10.4 Å². The lowest BCUT2D eigenvalue weighted by atomic mass is 10.1. The highest BCUT2D eigenvalue weighted by Crippen LogP contribution is 2.27. The van der Waals surface area contributed by atoms with Crippen LogP contribution in [0.5, 0.6) is 0 Å². The third-order valence-corrected chi connectivity index (χ3v) is 5.50. The van der Waals surface area contributed by atoms with E-state index < -0.39 is 0 Å². The third kappa shape index (κ3) is 3.88. The second-order valence-corrected chi connectivity index (χ2v) is 7.75. The molecule has 1 fully saturated rings. The van der Waals surface area contributed by atoms with Gasteiger partial charge in [-0.3, -0.25) is 9.08 Å². The summed E-state index contributed by atoms with van der Waals surface area (Å²) in [5, 5.41) is 13.5. The van der Waals surface area contributed by atoms with Crippen molar-refractivity contribution >= 4 is 11.3 Å². The maximum atomic E-state index is 9.07. The summed E-state index contributed by atoms with van der Waals surface area (Å²) in [5.74, 6) is 0.670. The van der Waals surface area contributed by atoms with E-state index in [1.54, 1.807) is 17.1 Å². The molecule has 0 spiro atoms. The van der Waals surface area contributed by atoms with Crippen molar-refractivity contribution in [3.8, 4) is 28.7 Å². The fraction of sp³-hybridized carbons (Fsp3) is 0.304. The maximum Gasteiger partial charge on any atom is 0.149 e. The van der Waals surface area contributed by atoms with E-state index in [9.17, 15) is 0 Å². The molecule has 1 aliphatic rings. The monoisotopic (exact) mass is 413 g/mol. The lowest BCUT2D eigenvalue weighted by Crippen LogP contribution is -2.36. The number of anilines is 1. The zero-order chi connectivity index (χ0) is 21.2. The summed E-state index contributed by atoms with van der Waals surface area (Å²) in [6.45, 7) is 5.79. The fourth-order valence-electron chi connectivity index (χ4n) is 3.84. The molecule has 1 atom stereocenters. The largest absolute Gasteiger partial charge is 0.378 e. The predicted octanol–water partition coefficient (Wildman–Crippen LogP) is 3.26. The molecule has 0 N–H and O–H groups in total. The summed E-state index contributed by atoms with van der Waals surface area (Å²) in [5.41, 5.74) is 4.81. The number of morpholine rings is 1. The summed E-state index contributed by atoms with van der Waals surface area (Å²) in [4.78, 5) is 11.8. The zero-order valence-corrected chi connectivity index (χ0v) is 17.3. The van der Waals surface area contributed by atoms with Crippen LogP contribution >= 0.6 is 0 Å². The van der Waals surface area contributed by atoms with Gasteiger partial charge in [0.25, 0.3) is 0 Å². The van der Waals surface area contributed by atoms with E-state index in [1.807, 2.05) is 29.8 Å². The second-order valence-electron chi connectivity index (χ2n) is 7.75. The van der Waals surface area contributed by atoms with Crippen LogP contribution in [-0.4, -0.2) is 50.5 Å². The topological polar surface area (TPSA) is 84.3 Å². The van der Waals surface area contributed by atoms with E-state index in [0.29, 0.717) is 6.54 Å². The lowest BCUT2D eigenvalue weighted by molar-refractivity contribution is 0.122. The van der Waals surface area contributed by atoms with Gasteiger partial charge in [0, 0.05) is 49.0 Å². The van der Waals surface area contributed by atoms with Crippen molar-refractivity contribution in [1.82, 2.24) is 24.1 Å². The van der Waals surface area contributed by atoms with E-state index in [-0.39, 0.29) is 5.92 Å². The average molecular weight is 413 g/mol. The Labute approximate surface area is 180 Å². The molecule has 8 nitrogen and oxygen atoms in total. The molecule has 156 valence electrons.